The van der Waals surface area contributed by atoms with Crippen molar-refractivity contribution in [1.82, 2.24) is 0 Å². The van der Waals surface area contributed by atoms with Gasteiger partial charge in [-0.2, -0.15) is 5.26 Å². The van der Waals surface area contributed by atoms with Crippen molar-refractivity contribution < 1.29 is 19.5 Å². The molecule has 0 aromatic carbocycles. The molecule has 3 rings (SSSR count). The van der Waals surface area contributed by atoms with E-state index in [0.717, 1.165) is 0 Å². The van der Waals surface area contributed by atoms with E-state index in [1.54, 1.807) is 19.9 Å². The van der Waals surface area contributed by atoms with Crippen LogP contribution in [0.15, 0.2) is 35.1 Å². The van der Waals surface area contributed by atoms with E-state index in [9.17, 15) is 19.6 Å². The van der Waals surface area contributed by atoms with Crippen LogP contribution in [0.4, 0.5) is 0 Å². The van der Waals surface area contributed by atoms with Crippen LogP contribution in [0.2, 0.25) is 0 Å². The van der Waals surface area contributed by atoms with Crippen molar-refractivity contribution >= 4 is 17.5 Å². The van der Waals surface area contributed by atoms with Gasteiger partial charge in [-0.05, 0) is 36.5 Å². The van der Waals surface area contributed by atoms with Crippen molar-refractivity contribution in [3.8, 4) is 17.9 Å². The Labute approximate surface area is 163 Å². The highest BCUT2D eigenvalue weighted by molar-refractivity contribution is 6.09. The number of Topliss-reactive ketones (excluding diaryl/α,β-unsaturated/α-hetero) is 1. The first-order chi connectivity index (χ1) is 13.0. The Morgan fingerprint density at radius 1 is 1.32 bits per heavy atom. The molecule has 6 heteroatoms. The summed E-state index contributed by atoms with van der Waals surface area (Å²) >= 11 is 0. The van der Waals surface area contributed by atoms with E-state index in [1.165, 1.54) is 12.2 Å². The Balaban J connectivity index is 2.33. The quantitative estimate of drug-likeness (QED) is 0.519. The van der Waals surface area contributed by atoms with Crippen LogP contribution in [0.5, 0.6) is 0 Å². The van der Waals surface area contributed by atoms with Crippen LogP contribution in [0.25, 0.3) is 4.85 Å². The molecule has 0 aromatic heterocycles. The lowest BCUT2D eigenvalue weighted by Crippen LogP contribution is -2.53. The van der Waals surface area contributed by atoms with Gasteiger partial charge in [-0.25, -0.2) is 9.64 Å². The molecule has 3 aliphatic rings. The lowest BCUT2D eigenvalue weighted by Gasteiger charge is -2.56. The van der Waals surface area contributed by atoms with E-state index in [4.69, 9.17) is 11.7 Å². The number of hydrogen-bond acceptors (Lipinski definition) is 4. The summed E-state index contributed by atoms with van der Waals surface area (Å²) in [6.45, 7) is 12.9. The Bertz CT molecular complexity index is 1060. The van der Waals surface area contributed by atoms with E-state index in [1.807, 2.05) is 13.0 Å². The van der Waals surface area contributed by atoms with Gasteiger partial charge >= 0.3 is 5.97 Å². The summed E-state index contributed by atoms with van der Waals surface area (Å²) in [5.41, 5.74) is -2.27. The zero-order chi connectivity index (χ0) is 20.9. The Hall–Kier alpha value is -3.43. The number of aliphatic carboxylic acids is 1. The number of hydrogen-bond donors (Lipinski definition) is 1. The van der Waals surface area contributed by atoms with Crippen LogP contribution in [0, 0.1) is 51.9 Å². The van der Waals surface area contributed by atoms with E-state index >= 15 is 0 Å². The lowest BCUT2D eigenvalue weighted by molar-refractivity contribution is -0.130. The second-order valence-electron chi connectivity index (χ2n) is 8.18. The molecule has 1 fully saturated rings. The highest BCUT2D eigenvalue weighted by Crippen LogP contribution is 2.63. The molecule has 0 amide bonds. The summed E-state index contributed by atoms with van der Waals surface area (Å²) in [7, 11) is 0. The maximum Gasteiger partial charge on any atom is 0.381 e. The number of fused-ring (bicyclic) bond motifs is 3. The number of nitriles is 1. The Kier molecular flexibility index (Phi) is 4.17. The third-order valence-corrected chi connectivity index (χ3v) is 6.30. The zero-order valence-electron chi connectivity index (χ0n) is 15.8. The van der Waals surface area contributed by atoms with Crippen LogP contribution in [0.3, 0.4) is 0 Å². The van der Waals surface area contributed by atoms with Gasteiger partial charge in [-0.3, -0.25) is 4.79 Å². The van der Waals surface area contributed by atoms with Crippen LogP contribution >= 0.6 is 0 Å². The number of carboxylic acid groups (broad SMARTS) is 1. The molecule has 3 unspecified atom stereocenters. The SMILES string of the molecule is [C-]#[N+]C1=CC2(C)C3=CC(=O)C(C#N)=CC3(C#CC(=O)O)CCC2C(C)(C)C1=O. The molecule has 0 bridgehead atoms. The van der Waals surface area contributed by atoms with Gasteiger partial charge < -0.3 is 9.90 Å². The van der Waals surface area contributed by atoms with Crippen molar-refractivity contribution in [2.75, 3.05) is 0 Å². The predicted molar refractivity (Wildman–Crippen MR) is 98.9 cm³/mol. The van der Waals surface area contributed by atoms with E-state index in [-0.39, 0.29) is 23.0 Å². The monoisotopic (exact) mass is 374 g/mol. The Morgan fingerprint density at radius 3 is 2.57 bits per heavy atom. The summed E-state index contributed by atoms with van der Waals surface area (Å²) in [6, 6.07) is 1.86. The number of carboxylic acids is 1. The van der Waals surface area contributed by atoms with Crippen molar-refractivity contribution in [3.63, 3.8) is 0 Å². The minimum Gasteiger partial charge on any atom is -0.472 e. The van der Waals surface area contributed by atoms with Crippen LogP contribution in [0.1, 0.15) is 33.6 Å². The van der Waals surface area contributed by atoms with Crippen LogP contribution in [-0.4, -0.2) is 22.6 Å². The highest BCUT2D eigenvalue weighted by atomic mass is 16.4. The molecule has 0 aliphatic heterocycles. The average molecular weight is 374 g/mol. The first-order valence-corrected chi connectivity index (χ1v) is 8.83. The zero-order valence-corrected chi connectivity index (χ0v) is 15.8. The standard InChI is InChI=1S/C22H18N2O4/c1-20(2)16-5-7-22(8-6-18(26)27)10-13(12-23)15(25)9-17(22)21(16,3)11-14(24-4)19(20)28/h9-11,16H,5,7H2,1-3H3,(H,26,27). The minimum atomic E-state index is -1.30. The van der Waals surface area contributed by atoms with Gasteiger partial charge in [0, 0.05) is 16.8 Å². The van der Waals surface area contributed by atoms with E-state index in [0.29, 0.717) is 18.4 Å². The molecule has 0 spiro atoms. The number of ketones is 2. The fourth-order valence-corrected chi connectivity index (χ4v) is 5.06. The van der Waals surface area contributed by atoms with Gasteiger partial charge in [0.25, 0.3) is 0 Å². The topological polar surface area (TPSA) is 99.6 Å². The van der Waals surface area contributed by atoms with Crippen LogP contribution < -0.4 is 0 Å². The average Bonchev–Trinajstić information content (AvgIpc) is 2.63. The van der Waals surface area contributed by atoms with Crippen LogP contribution in [-0.2, 0) is 14.4 Å². The van der Waals surface area contributed by atoms with Gasteiger partial charge in [0.1, 0.15) is 6.07 Å². The first kappa shape index (κ1) is 19.3. The second-order valence-corrected chi connectivity index (χ2v) is 8.18. The number of nitrogens with zero attached hydrogens (tertiary/aromatic N) is 2. The molecular formula is C22H18N2O4. The van der Waals surface area contributed by atoms with E-state index < -0.39 is 28.0 Å². The molecule has 3 aliphatic carbocycles. The molecule has 0 radical (unpaired) electrons. The molecule has 1 N–H and O–H groups in total. The maximum atomic E-state index is 12.8. The maximum absolute atomic E-state index is 12.8. The highest BCUT2D eigenvalue weighted by Gasteiger charge is 2.59. The van der Waals surface area contributed by atoms with Gasteiger partial charge in [0.15, 0.2) is 11.6 Å². The summed E-state index contributed by atoms with van der Waals surface area (Å²) < 4.78 is 0. The molecule has 6 nitrogen and oxygen atoms in total. The molecule has 140 valence electrons. The second kappa shape index (κ2) is 6.04. The fraction of sp³-hybridized carbons (Fsp3) is 0.409. The van der Waals surface area contributed by atoms with Gasteiger partial charge in [0.05, 0.1) is 17.6 Å². The van der Waals surface area contributed by atoms with E-state index in [2.05, 4.69) is 16.7 Å². The normalized spacial score (nSPS) is 32.8. The number of carbonyl (C=O) groups is 3. The summed E-state index contributed by atoms with van der Waals surface area (Å²) in [5, 5.41) is 18.4. The third kappa shape index (κ3) is 2.52. The summed E-state index contributed by atoms with van der Waals surface area (Å²) in [5.74, 6) is 2.71. The fourth-order valence-electron chi connectivity index (χ4n) is 5.06. The van der Waals surface area contributed by atoms with Gasteiger partial charge in [-0.15, -0.1) is 0 Å². The molecular weight excluding hydrogens is 356 g/mol. The largest absolute Gasteiger partial charge is 0.472 e. The number of rotatable bonds is 0. The molecule has 0 saturated heterocycles. The number of allylic oxidation sites excluding steroid dienone is 6. The predicted octanol–water partition coefficient (Wildman–Crippen LogP) is 2.85. The minimum absolute atomic E-state index is 0.00847. The summed E-state index contributed by atoms with van der Waals surface area (Å²) in [4.78, 5) is 39.7. The van der Waals surface area contributed by atoms with Gasteiger partial charge in [-0.1, -0.05) is 32.8 Å². The summed E-state index contributed by atoms with van der Waals surface area (Å²) in [6.07, 6.45) is 5.32. The van der Waals surface area contributed by atoms with Crippen molar-refractivity contribution in [2.24, 2.45) is 22.2 Å². The first-order valence-electron chi connectivity index (χ1n) is 8.83. The Morgan fingerprint density at radius 2 is 2.00 bits per heavy atom. The lowest BCUT2D eigenvalue weighted by atomic mass is 9.46. The molecule has 0 aromatic rings. The van der Waals surface area contributed by atoms with Gasteiger partial charge in [0.2, 0.25) is 5.70 Å². The molecule has 3 atom stereocenters. The molecule has 28 heavy (non-hydrogen) atoms. The van der Waals surface area contributed by atoms with Crippen molar-refractivity contribution in [2.45, 2.75) is 33.6 Å². The number of carbonyl (C=O) groups excluding carboxylic acids is 2. The van der Waals surface area contributed by atoms with Crippen molar-refractivity contribution in [1.29, 1.82) is 5.26 Å². The molecule has 1 saturated carbocycles. The van der Waals surface area contributed by atoms with Crippen molar-refractivity contribution in [3.05, 3.63) is 46.5 Å². The smallest absolute Gasteiger partial charge is 0.381 e. The third-order valence-electron chi connectivity index (χ3n) is 6.30. The molecule has 0 heterocycles.